The topological polar surface area (TPSA) is 41.9 Å². The van der Waals surface area contributed by atoms with Gasteiger partial charge in [0, 0.05) is 25.9 Å². The summed E-state index contributed by atoms with van der Waals surface area (Å²) < 4.78 is 0. The molecule has 4 nitrogen and oxygen atoms in total. The highest BCUT2D eigenvalue weighted by Gasteiger charge is 2.22. The summed E-state index contributed by atoms with van der Waals surface area (Å²) in [6, 6.07) is 8.50. The molecule has 0 atom stereocenters. The quantitative estimate of drug-likeness (QED) is 0.696. The summed E-state index contributed by atoms with van der Waals surface area (Å²) in [5.41, 5.74) is 6.02. The fourth-order valence-electron chi connectivity index (χ4n) is 3.41. The highest BCUT2D eigenvalue weighted by molar-refractivity contribution is 7.18. The smallest absolute Gasteiger partial charge is 0.154 e. The van der Waals surface area contributed by atoms with Crippen molar-refractivity contribution in [3.8, 4) is 21.1 Å². The van der Waals surface area contributed by atoms with Crippen molar-refractivity contribution in [3.63, 3.8) is 0 Å². The third kappa shape index (κ3) is 3.04. The summed E-state index contributed by atoms with van der Waals surface area (Å²) in [4.78, 5) is 9.00. The number of hydrogen-bond donors (Lipinski definition) is 0. The zero-order valence-electron chi connectivity index (χ0n) is 14.9. The van der Waals surface area contributed by atoms with Gasteiger partial charge in [-0.1, -0.05) is 6.07 Å². The molecule has 0 aromatic carbocycles. The lowest BCUT2D eigenvalue weighted by Crippen LogP contribution is -2.18. The summed E-state index contributed by atoms with van der Waals surface area (Å²) in [6.45, 7) is 2.06. The van der Waals surface area contributed by atoms with Crippen LogP contribution in [0.5, 0.6) is 0 Å². The lowest BCUT2D eigenvalue weighted by molar-refractivity contribution is 0.674. The van der Waals surface area contributed by atoms with Crippen LogP contribution in [0.1, 0.15) is 29.5 Å². The molecule has 4 rings (SSSR count). The number of nitrogens with zero attached hydrogens (tertiary/aromatic N) is 4. The third-order valence-corrected chi connectivity index (χ3v) is 5.81. The summed E-state index contributed by atoms with van der Waals surface area (Å²) >= 11 is 1.75. The first-order valence-corrected chi connectivity index (χ1v) is 9.54. The van der Waals surface area contributed by atoms with E-state index in [0.717, 1.165) is 30.0 Å². The molecule has 5 heteroatoms. The van der Waals surface area contributed by atoms with E-state index in [1.165, 1.54) is 39.3 Å². The second-order valence-electron chi connectivity index (χ2n) is 6.82. The van der Waals surface area contributed by atoms with Crippen molar-refractivity contribution in [2.75, 3.05) is 19.0 Å². The van der Waals surface area contributed by atoms with Crippen LogP contribution in [0.2, 0.25) is 0 Å². The molecule has 0 N–H and O–H groups in total. The van der Waals surface area contributed by atoms with Crippen LogP contribution < -0.4 is 4.90 Å². The molecule has 128 valence electrons. The van der Waals surface area contributed by atoms with Crippen molar-refractivity contribution in [2.45, 2.75) is 32.6 Å². The Labute approximate surface area is 152 Å². The van der Waals surface area contributed by atoms with Crippen molar-refractivity contribution >= 4 is 17.2 Å². The number of rotatable bonds is 3. The van der Waals surface area contributed by atoms with Gasteiger partial charge < -0.3 is 4.90 Å². The van der Waals surface area contributed by atoms with Gasteiger partial charge in [-0.2, -0.15) is 0 Å². The molecule has 0 aliphatic heterocycles. The van der Waals surface area contributed by atoms with E-state index in [0.29, 0.717) is 0 Å². The van der Waals surface area contributed by atoms with E-state index >= 15 is 0 Å². The minimum Gasteiger partial charge on any atom is -0.361 e. The lowest BCUT2D eigenvalue weighted by Gasteiger charge is -2.23. The van der Waals surface area contributed by atoms with Crippen molar-refractivity contribution in [3.05, 3.63) is 47.2 Å². The van der Waals surface area contributed by atoms with Crippen molar-refractivity contribution < 1.29 is 0 Å². The van der Waals surface area contributed by atoms with E-state index in [2.05, 4.69) is 51.3 Å². The molecular formula is C20H22N4S. The Balaban J connectivity index is 1.77. The monoisotopic (exact) mass is 350 g/mol. The summed E-state index contributed by atoms with van der Waals surface area (Å²) in [6.07, 6.45) is 6.58. The van der Waals surface area contributed by atoms with Gasteiger partial charge in [0.1, 0.15) is 5.69 Å². The number of aryl methyl sites for hydroxylation is 1. The van der Waals surface area contributed by atoms with Gasteiger partial charge in [-0.3, -0.25) is 4.98 Å². The van der Waals surface area contributed by atoms with Crippen LogP contribution in [0.25, 0.3) is 21.1 Å². The lowest BCUT2D eigenvalue weighted by atomic mass is 9.90. The molecule has 0 amide bonds. The molecule has 0 radical (unpaired) electrons. The number of aromatic nitrogens is 3. The highest BCUT2D eigenvalue weighted by atomic mass is 32.1. The average Bonchev–Trinajstić information content (AvgIpc) is 3.11. The Bertz CT molecular complexity index is 897. The Hall–Kier alpha value is -2.27. The minimum absolute atomic E-state index is 1.02. The van der Waals surface area contributed by atoms with Crippen LogP contribution in [0.15, 0.2) is 30.5 Å². The molecular weight excluding hydrogens is 328 g/mol. The van der Waals surface area contributed by atoms with Gasteiger partial charge >= 0.3 is 0 Å². The highest BCUT2D eigenvalue weighted by Crippen LogP contribution is 2.38. The van der Waals surface area contributed by atoms with Crippen molar-refractivity contribution in [1.82, 2.24) is 15.2 Å². The van der Waals surface area contributed by atoms with E-state index in [1.807, 2.05) is 20.3 Å². The zero-order valence-corrected chi connectivity index (χ0v) is 15.7. The maximum atomic E-state index is 4.60. The molecule has 0 saturated carbocycles. The number of fused-ring (bicyclic) bond motifs is 1. The molecule has 0 spiro atoms. The van der Waals surface area contributed by atoms with Crippen LogP contribution in [-0.2, 0) is 12.8 Å². The number of anilines is 1. The van der Waals surface area contributed by atoms with Crippen LogP contribution in [0.4, 0.5) is 5.82 Å². The van der Waals surface area contributed by atoms with Gasteiger partial charge in [-0.05, 0) is 61.9 Å². The molecule has 3 aromatic heterocycles. The van der Waals surface area contributed by atoms with Gasteiger partial charge in [-0.15, -0.1) is 21.5 Å². The number of thiophene rings is 1. The molecule has 0 fully saturated rings. The molecule has 3 aromatic rings. The van der Waals surface area contributed by atoms with Gasteiger partial charge in [0.25, 0.3) is 0 Å². The standard InChI is InChI=1S/C20H22N4S/c1-13-8-9-16(21-12-13)17-10-11-18(25-17)19-14-6-4-5-7-15(14)20(23-22-19)24(2)3/h8-12H,4-7H2,1-3H3. The average molecular weight is 350 g/mol. The number of pyridine rings is 1. The van der Waals surface area contributed by atoms with Gasteiger partial charge in [0.2, 0.25) is 0 Å². The fraction of sp³-hybridized carbons (Fsp3) is 0.350. The minimum atomic E-state index is 1.02. The van der Waals surface area contributed by atoms with Gasteiger partial charge in [0.15, 0.2) is 5.82 Å². The van der Waals surface area contributed by atoms with E-state index in [1.54, 1.807) is 11.3 Å². The normalized spacial score (nSPS) is 13.6. The maximum absolute atomic E-state index is 4.60. The molecule has 1 aliphatic rings. The van der Waals surface area contributed by atoms with Crippen LogP contribution in [-0.4, -0.2) is 29.3 Å². The molecule has 0 saturated heterocycles. The van der Waals surface area contributed by atoms with Gasteiger partial charge in [0.05, 0.1) is 15.4 Å². The summed E-state index contributed by atoms with van der Waals surface area (Å²) in [7, 11) is 4.09. The Morgan fingerprint density at radius 3 is 2.40 bits per heavy atom. The molecule has 25 heavy (non-hydrogen) atoms. The van der Waals surface area contributed by atoms with E-state index in [9.17, 15) is 0 Å². The van der Waals surface area contributed by atoms with E-state index < -0.39 is 0 Å². The Morgan fingerprint density at radius 1 is 0.920 bits per heavy atom. The fourth-order valence-corrected chi connectivity index (χ4v) is 4.40. The predicted octanol–water partition coefficient (Wildman–Crippen LogP) is 4.52. The van der Waals surface area contributed by atoms with E-state index in [-0.39, 0.29) is 0 Å². The van der Waals surface area contributed by atoms with Crippen LogP contribution in [0, 0.1) is 6.92 Å². The second kappa shape index (κ2) is 6.56. The summed E-state index contributed by atoms with van der Waals surface area (Å²) in [5.74, 6) is 1.02. The summed E-state index contributed by atoms with van der Waals surface area (Å²) in [5, 5.41) is 9.13. The predicted molar refractivity (Wildman–Crippen MR) is 104 cm³/mol. The SMILES string of the molecule is Cc1ccc(-c2ccc(-c3nnc(N(C)C)c4c3CCCC4)s2)nc1. The molecule has 3 heterocycles. The first-order valence-electron chi connectivity index (χ1n) is 8.72. The largest absolute Gasteiger partial charge is 0.361 e. The van der Waals surface area contributed by atoms with Crippen molar-refractivity contribution in [2.24, 2.45) is 0 Å². The van der Waals surface area contributed by atoms with Crippen LogP contribution in [0.3, 0.4) is 0 Å². The molecule has 0 bridgehead atoms. The first kappa shape index (κ1) is 16.2. The first-order chi connectivity index (χ1) is 12.1. The van der Waals surface area contributed by atoms with Gasteiger partial charge in [-0.25, -0.2) is 0 Å². The van der Waals surface area contributed by atoms with Crippen LogP contribution >= 0.6 is 11.3 Å². The second-order valence-corrected chi connectivity index (χ2v) is 7.90. The Kier molecular flexibility index (Phi) is 4.25. The zero-order chi connectivity index (χ0) is 17.4. The Morgan fingerprint density at radius 2 is 1.68 bits per heavy atom. The molecule has 1 aliphatic carbocycles. The van der Waals surface area contributed by atoms with Crippen molar-refractivity contribution in [1.29, 1.82) is 0 Å². The molecule has 0 unspecified atom stereocenters. The van der Waals surface area contributed by atoms with E-state index in [4.69, 9.17) is 0 Å². The maximum Gasteiger partial charge on any atom is 0.154 e. The third-order valence-electron chi connectivity index (χ3n) is 4.70. The number of hydrogen-bond acceptors (Lipinski definition) is 5.